The second-order valence-electron chi connectivity index (χ2n) is 8.25. The third-order valence-corrected chi connectivity index (χ3v) is 6.27. The van der Waals surface area contributed by atoms with Crippen LogP contribution >= 0.6 is 0 Å². The van der Waals surface area contributed by atoms with Gasteiger partial charge in [0, 0.05) is 44.5 Å². The summed E-state index contributed by atoms with van der Waals surface area (Å²) in [5.41, 5.74) is 0. The minimum Gasteiger partial charge on any atom is -0.469 e. The Morgan fingerprint density at radius 3 is 2.76 bits per heavy atom. The van der Waals surface area contributed by atoms with Gasteiger partial charge in [0.2, 0.25) is 0 Å². The zero-order valence-electron chi connectivity index (χ0n) is 17.7. The first-order valence-corrected chi connectivity index (χ1v) is 11.2. The molecule has 0 radical (unpaired) electrons. The largest absolute Gasteiger partial charge is 0.469 e. The second-order valence-corrected chi connectivity index (χ2v) is 8.25. The number of methoxy groups -OCH3 is 1. The zero-order valence-corrected chi connectivity index (χ0v) is 17.7. The van der Waals surface area contributed by atoms with Crippen LogP contribution in [0.3, 0.4) is 0 Å². The molecule has 3 rings (SSSR count). The van der Waals surface area contributed by atoms with E-state index in [4.69, 9.17) is 14.2 Å². The molecule has 2 saturated heterocycles. The van der Waals surface area contributed by atoms with Crippen LogP contribution in [-0.4, -0.2) is 80.5 Å². The smallest absolute Gasteiger partial charge is 0.305 e. The van der Waals surface area contributed by atoms with Crippen molar-refractivity contribution in [1.29, 1.82) is 0 Å². The number of rotatable bonds is 9. The highest BCUT2D eigenvalue weighted by atomic mass is 16.7. The van der Waals surface area contributed by atoms with Crippen molar-refractivity contribution in [3.63, 3.8) is 0 Å². The lowest BCUT2D eigenvalue weighted by molar-refractivity contribution is -0.200. The van der Waals surface area contributed by atoms with E-state index in [2.05, 4.69) is 21.8 Å². The van der Waals surface area contributed by atoms with Gasteiger partial charge in [0.25, 0.3) is 0 Å². The number of ether oxygens (including phenoxy) is 4. The fourth-order valence-corrected chi connectivity index (χ4v) is 4.72. The third kappa shape index (κ3) is 6.76. The Bertz CT molecular complexity index is 515. The number of carbonyl (C=O) groups excluding carboxylic acids is 1. The molecule has 0 bridgehead atoms. The van der Waals surface area contributed by atoms with Crippen molar-refractivity contribution >= 4 is 5.97 Å². The lowest BCUT2D eigenvalue weighted by Crippen LogP contribution is -2.51. The first-order valence-electron chi connectivity index (χ1n) is 11.2. The van der Waals surface area contributed by atoms with Crippen molar-refractivity contribution in [3.05, 3.63) is 12.2 Å². The van der Waals surface area contributed by atoms with E-state index in [9.17, 15) is 9.90 Å². The van der Waals surface area contributed by atoms with E-state index in [-0.39, 0.29) is 36.4 Å². The van der Waals surface area contributed by atoms with Crippen molar-refractivity contribution in [1.82, 2.24) is 4.90 Å². The highest BCUT2D eigenvalue weighted by Crippen LogP contribution is 2.37. The lowest BCUT2D eigenvalue weighted by atomic mass is 9.95. The van der Waals surface area contributed by atoms with E-state index >= 15 is 0 Å². The molecule has 166 valence electrons. The molecule has 2 aliphatic heterocycles. The van der Waals surface area contributed by atoms with Crippen molar-refractivity contribution in [2.75, 3.05) is 40.0 Å². The Morgan fingerprint density at radius 2 is 2.03 bits per heavy atom. The van der Waals surface area contributed by atoms with Crippen LogP contribution < -0.4 is 0 Å². The van der Waals surface area contributed by atoms with E-state index in [1.165, 1.54) is 7.11 Å². The molecular weight excluding hydrogens is 374 g/mol. The van der Waals surface area contributed by atoms with Gasteiger partial charge in [-0.2, -0.15) is 0 Å². The summed E-state index contributed by atoms with van der Waals surface area (Å²) in [6, 6.07) is 0.180. The van der Waals surface area contributed by atoms with Crippen LogP contribution in [0.5, 0.6) is 0 Å². The van der Waals surface area contributed by atoms with Gasteiger partial charge in [0.05, 0.1) is 32.5 Å². The molecule has 1 unspecified atom stereocenters. The van der Waals surface area contributed by atoms with Crippen LogP contribution in [0, 0.1) is 5.92 Å². The molecule has 2 heterocycles. The number of esters is 1. The number of unbranched alkanes of at least 4 members (excludes halogenated alkanes) is 1. The van der Waals surface area contributed by atoms with Crippen molar-refractivity contribution in [2.45, 2.75) is 75.9 Å². The Balaban J connectivity index is 1.56. The van der Waals surface area contributed by atoms with Crippen LogP contribution in [0.15, 0.2) is 12.2 Å². The highest BCUT2D eigenvalue weighted by molar-refractivity contribution is 5.69. The Morgan fingerprint density at radius 1 is 1.21 bits per heavy atom. The summed E-state index contributed by atoms with van der Waals surface area (Å²) < 4.78 is 22.4. The fourth-order valence-electron chi connectivity index (χ4n) is 4.72. The summed E-state index contributed by atoms with van der Waals surface area (Å²) in [4.78, 5) is 13.6. The molecule has 3 fully saturated rings. The number of hydrogen-bond donors (Lipinski definition) is 1. The average Bonchev–Trinajstić information content (AvgIpc) is 3.06. The molecule has 29 heavy (non-hydrogen) atoms. The molecule has 1 aliphatic carbocycles. The summed E-state index contributed by atoms with van der Waals surface area (Å²) >= 11 is 0. The topological polar surface area (TPSA) is 77.5 Å². The van der Waals surface area contributed by atoms with Crippen LogP contribution in [0.2, 0.25) is 0 Å². The molecule has 0 spiro atoms. The highest BCUT2D eigenvalue weighted by Gasteiger charge is 2.46. The molecule has 7 heteroatoms. The summed E-state index contributed by atoms with van der Waals surface area (Å²) in [6.45, 7) is 3.98. The predicted molar refractivity (Wildman–Crippen MR) is 108 cm³/mol. The maximum Gasteiger partial charge on any atom is 0.305 e. The Labute approximate surface area is 174 Å². The number of aliphatic hydroxyl groups excluding tert-OH is 1. The number of nitrogens with zero attached hydrogens (tertiary/aromatic N) is 1. The number of morpholine rings is 1. The molecular formula is C22H37NO6. The van der Waals surface area contributed by atoms with E-state index in [0.717, 1.165) is 71.4 Å². The third-order valence-electron chi connectivity index (χ3n) is 6.27. The predicted octanol–water partition coefficient (Wildman–Crippen LogP) is 2.27. The standard InChI is InChI=1S/C22H37NO6/c1-26-20(25)9-5-3-2-4-8-17-18(24)16-19(29-21-10-6-7-13-28-21)22(17)23-11-14-27-15-12-23/h2,4,17-19,21-22,24H,3,5-16H2,1H3/b4-2-/t17-,18-,19+,21?,22+/m1/s1. The molecule has 1 saturated carbocycles. The first kappa shape index (κ1) is 22.7. The van der Waals surface area contributed by atoms with Gasteiger partial charge in [0.1, 0.15) is 0 Å². The van der Waals surface area contributed by atoms with Crippen LogP contribution in [0.1, 0.15) is 51.4 Å². The van der Waals surface area contributed by atoms with Gasteiger partial charge in [-0.25, -0.2) is 0 Å². The quantitative estimate of drug-likeness (QED) is 0.354. The zero-order chi connectivity index (χ0) is 20.5. The van der Waals surface area contributed by atoms with Gasteiger partial charge in [-0.15, -0.1) is 0 Å². The van der Waals surface area contributed by atoms with Crippen molar-refractivity contribution in [3.8, 4) is 0 Å². The maximum absolute atomic E-state index is 11.2. The average molecular weight is 412 g/mol. The second kappa shape index (κ2) is 12.0. The van der Waals surface area contributed by atoms with Crippen molar-refractivity contribution < 1.29 is 28.8 Å². The SMILES string of the molecule is COC(=O)CCC/C=C\C[C@H]1[C@H](N2CCOCC2)[C@@H](OC2CCCCO2)C[C@H]1O. The van der Waals surface area contributed by atoms with Gasteiger partial charge in [-0.1, -0.05) is 12.2 Å². The molecule has 0 aromatic carbocycles. The number of carbonyl (C=O) groups is 1. The monoisotopic (exact) mass is 411 g/mol. The Kier molecular flexibility index (Phi) is 9.39. The van der Waals surface area contributed by atoms with Crippen molar-refractivity contribution in [2.24, 2.45) is 5.92 Å². The number of aliphatic hydroxyl groups is 1. The van der Waals surface area contributed by atoms with Gasteiger partial charge >= 0.3 is 5.97 Å². The van der Waals surface area contributed by atoms with Gasteiger partial charge in [-0.3, -0.25) is 9.69 Å². The molecule has 1 N–H and O–H groups in total. The first-order chi connectivity index (χ1) is 14.2. The summed E-state index contributed by atoms with van der Waals surface area (Å²) in [5.74, 6) is -0.0273. The summed E-state index contributed by atoms with van der Waals surface area (Å²) in [7, 11) is 1.42. The fraction of sp³-hybridized carbons (Fsp3) is 0.864. The molecule has 5 atom stereocenters. The minimum absolute atomic E-state index is 0.0103. The number of allylic oxidation sites excluding steroid dienone is 2. The molecule has 0 amide bonds. The van der Waals surface area contributed by atoms with E-state index in [1.54, 1.807) is 0 Å². The van der Waals surface area contributed by atoms with E-state index < -0.39 is 0 Å². The molecule has 3 aliphatic rings. The van der Waals surface area contributed by atoms with Crippen LogP contribution in [0.25, 0.3) is 0 Å². The molecule has 0 aromatic rings. The minimum atomic E-state index is -0.379. The normalized spacial score (nSPS) is 33.9. The lowest BCUT2D eigenvalue weighted by Gasteiger charge is -2.39. The molecule has 0 aromatic heterocycles. The Hall–Kier alpha value is -0.990. The summed E-state index contributed by atoms with van der Waals surface area (Å²) in [6.07, 6.45) is 10.5. The molecule has 7 nitrogen and oxygen atoms in total. The van der Waals surface area contributed by atoms with Crippen LogP contribution in [-0.2, 0) is 23.7 Å². The summed E-state index contributed by atoms with van der Waals surface area (Å²) in [5, 5.41) is 10.8. The van der Waals surface area contributed by atoms with E-state index in [1.807, 2.05) is 0 Å². The van der Waals surface area contributed by atoms with Crippen LogP contribution in [0.4, 0.5) is 0 Å². The maximum atomic E-state index is 11.2. The number of hydrogen-bond acceptors (Lipinski definition) is 7. The van der Waals surface area contributed by atoms with E-state index in [0.29, 0.717) is 12.8 Å². The van der Waals surface area contributed by atoms with Gasteiger partial charge in [-0.05, 0) is 38.5 Å². The van der Waals surface area contributed by atoms with Gasteiger partial charge in [0.15, 0.2) is 6.29 Å². The van der Waals surface area contributed by atoms with Gasteiger partial charge < -0.3 is 24.1 Å².